The minimum absolute atomic E-state index is 0.679. The lowest BCUT2D eigenvalue weighted by Crippen LogP contribution is -2.44. The molecule has 0 unspecified atom stereocenters. The van der Waals surface area contributed by atoms with Crippen molar-refractivity contribution in [2.45, 2.75) is 44.4 Å². The summed E-state index contributed by atoms with van der Waals surface area (Å²) in [6.07, 6.45) is 10.0. The second-order valence-corrected chi connectivity index (χ2v) is 6.72. The Morgan fingerprint density at radius 3 is 2.39 bits per heavy atom. The number of hydrogen-bond acceptors (Lipinski definition) is 3. The Morgan fingerprint density at radius 2 is 1.78 bits per heavy atom. The van der Waals surface area contributed by atoms with Crippen LogP contribution in [0.4, 0.5) is 0 Å². The van der Waals surface area contributed by atoms with Gasteiger partial charge in [0.25, 0.3) is 0 Å². The highest BCUT2D eigenvalue weighted by Gasteiger charge is 2.49. The van der Waals surface area contributed by atoms with Gasteiger partial charge in [-0.15, -0.1) is 0 Å². The first-order valence-corrected chi connectivity index (χ1v) is 7.48. The van der Waals surface area contributed by atoms with Crippen LogP contribution in [-0.2, 0) is 6.42 Å². The first-order chi connectivity index (χ1) is 8.85. The maximum absolute atomic E-state index is 5.69. The predicted octanol–water partition coefficient (Wildman–Crippen LogP) is 2.72. The second kappa shape index (κ2) is 4.09. The van der Waals surface area contributed by atoms with Crippen LogP contribution >= 0.6 is 0 Å². The van der Waals surface area contributed by atoms with Crippen LogP contribution in [0, 0.1) is 23.7 Å². The molecule has 0 amide bonds. The quantitative estimate of drug-likeness (QED) is 0.892. The van der Waals surface area contributed by atoms with Crippen molar-refractivity contribution >= 4 is 0 Å². The summed E-state index contributed by atoms with van der Waals surface area (Å²) in [6.45, 7) is 0.696. The van der Waals surface area contributed by atoms with E-state index in [1.807, 2.05) is 6.26 Å². The zero-order valence-electron chi connectivity index (χ0n) is 10.8. The molecule has 98 valence electrons. The van der Waals surface area contributed by atoms with Gasteiger partial charge in [-0.25, -0.2) is 0 Å². The Kier molecular flexibility index (Phi) is 2.51. The van der Waals surface area contributed by atoms with Crippen LogP contribution < -0.4 is 5.73 Å². The van der Waals surface area contributed by atoms with E-state index in [4.69, 9.17) is 10.3 Å². The summed E-state index contributed by atoms with van der Waals surface area (Å²) in [5, 5.41) is 4.35. The molecular weight excluding hydrogens is 224 g/mol. The van der Waals surface area contributed by atoms with E-state index in [-0.39, 0.29) is 0 Å². The third-order valence-corrected chi connectivity index (χ3v) is 5.63. The summed E-state index contributed by atoms with van der Waals surface area (Å²) >= 11 is 0. The first-order valence-electron chi connectivity index (χ1n) is 7.48. The fourth-order valence-corrected chi connectivity index (χ4v) is 5.25. The van der Waals surface area contributed by atoms with Crippen LogP contribution in [0.25, 0.3) is 0 Å². The van der Waals surface area contributed by atoms with E-state index in [9.17, 15) is 0 Å². The van der Waals surface area contributed by atoms with Gasteiger partial charge in [-0.05, 0) is 68.7 Å². The van der Waals surface area contributed by atoms with Gasteiger partial charge >= 0.3 is 0 Å². The molecule has 0 radical (unpaired) electrons. The summed E-state index contributed by atoms with van der Waals surface area (Å²) in [6, 6.07) is 0. The van der Waals surface area contributed by atoms with E-state index in [1.54, 1.807) is 0 Å². The lowest BCUT2D eigenvalue weighted by atomic mass is 9.51. The lowest BCUT2D eigenvalue weighted by Gasteiger charge is -2.54. The topological polar surface area (TPSA) is 52.0 Å². The molecule has 4 bridgehead atoms. The number of aromatic nitrogens is 1. The third kappa shape index (κ3) is 1.56. The highest BCUT2D eigenvalue weighted by Crippen LogP contribution is 2.59. The number of nitrogens with two attached hydrogens (primary N) is 1. The standard InChI is InChI=1S/C15H22N2O/c16-2-1-11-8-18-17-15(11)14-12-4-9-3-10(6-12)7-13(14)5-9/h8-10,12-14H,1-7,16H2. The van der Waals surface area contributed by atoms with Crippen molar-refractivity contribution in [1.29, 1.82) is 0 Å². The van der Waals surface area contributed by atoms with Gasteiger partial charge < -0.3 is 10.3 Å². The van der Waals surface area contributed by atoms with Crippen LogP contribution in [0.3, 0.4) is 0 Å². The normalized spacial score (nSPS) is 41.5. The minimum atomic E-state index is 0.679. The van der Waals surface area contributed by atoms with Gasteiger partial charge in [0, 0.05) is 11.5 Å². The van der Waals surface area contributed by atoms with Crippen molar-refractivity contribution in [2.75, 3.05) is 6.54 Å². The largest absolute Gasteiger partial charge is 0.364 e. The highest BCUT2D eigenvalue weighted by molar-refractivity contribution is 5.24. The maximum atomic E-state index is 5.69. The Balaban J connectivity index is 1.66. The van der Waals surface area contributed by atoms with Gasteiger partial charge in [0.05, 0.1) is 5.69 Å². The summed E-state index contributed by atoms with van der Waals surface area (Å²) in [4.78, 5) is 0. The monoisotopic (exact) mass is 246 g/mol. The Hall–Kier alpha value is -0.830. The van der Waals surface area contributed by atoms with Gasteiger partial charge in [-0.2, -0.15) is 0 Å². The van der Waals surface area contributed by atoms with Crippen LogP contribution in [0.1, 0.15) is 49.3 Å². The Labute approximate surface area is 108 Å². The lowest BCUT2D eigenvalue weighted by molar-refractivity contribution is -0.00529. The molecule has 3 nitrogen and oxygen atoms in total. The molecule has 4 fully saturated rings. The van der Waals surface area contributed by atoms with Crippen molar-refractivity contribution in [1.82, 2.24) is 5.16 Å². The highest BCUT2D eigenvalue weighted by atomic mass is 16.5. The zero-order valence-corrected chi connectivity index (χ0v) is 10.8. The SMILES string of the molecule is NCCc1conc1C1C2CC3CC(C2)CC1C3. The average Bonchev–Trinajstić information content (AvgIpc) is 2.76. The fourth-order valence-electron chi connectivity index (χ4n) is 5.25. The third-order valence-electron chi connectivity index (χ3n) is 5.63. The van der Waals surface area contributed by atoms with Crippen molar-refractivity contribution in [2.24, 2.45) is 29.4 Å². The fraction of sp³-hybridized carbons (Fsp3) is 0.800. The van der Waals surface area contributed by atoms with Crippen LogP contribution in [0.5, 0.6) is 0 Å². The van der Waals surface area contributed by atoms with Crippen molar-refractivity contribution < 1.29 is 4.52 Å². The first kappa shape index (κ1) is 11.0. The molecule has 0 atom stereocenters. The molecule has 3 heteroatoms. The van der Waals surface area contributed by atoms with Crippen molar-refractivity contribution in [3.05, 3.63) is 17.5 Å². The van der Waals surface area contributed by atoms with Gasteiger partial charge in [0.15, 0.2) is 0 Å². The molecular formula is C15H22N2O. The van der Waals surface area contributed by atoms with Gasteiger partial charge in [0.1, 0.15) is 6.26 Å². The van der Waals surface area contributed by atoms with E-state index >= 15 is 0 Å². The number of hydrogen-bond donors (Lipinski definition) is 1. The Morgan fingerprint density at radius 1 is 1.11 bits per heavy atom. The summed E-state index contributed by atoms with van der Waals surface area (Å²) in [7, 11) is 0. The minimum Gasteiger partial charge on any atom is -0.364 e. The summed E-state index contributed by atoms with van der Waals surface area (Å²) < 4.78 is 5.25. The average molecular weight is 246 g/mol. The molecule has 4 aliphatic carbocycles. The van der Waals surface area contributed by atoms with Crippen molar-refractivity contribution in [3.8, 4) is 0 Å². The molecule has 1 heterocycles. The van der Waals surface area contributed by atoms with Crippen LogP contribution in [0.2, 0.25) is 0 Å². The molecule has 0 aliphatic heterocycles. The molecule has 0 spiro atoms. The van der Waals surface area contributed by atoms with Gasteiger partial charge in [-0.3, -0.25) is 0 Å². The molecule has 18 heavy (non-hydrogen) atoms. The number of rotatable bonds is 3. The maximum Gasteiger partial charge on any atom is 0.127 e. The summed E-state index contributed by atoms with van der Waals surface area (Å²) in [5.74, 6) is 4.48. The summed E-state index contributed by atoms with van der Waals surface area (Å²) in [5.41, 5.74) is 8.23. The molecule has 0 aromatic carbocycles. The molecule has 1 aromatic heterocycles. The molecule has 2 N–H and O–H groups in total. The molecule has 5 rings (SSSR count). The van der Waals surface area contributed by atoms with E-state index in [2.05, 4.69) is 5.16 Å². The van der Waals surface area contributed by atoms with Crippen LogP contribution in [0.15, 0.2) is 10.8 Å². The van der Waals surface area contributed by atoms with E-state index < -0.39 is 0 Å². The van der Waals surface area contributed by atoms with Gasteiger partial charge in [0.2, 0.25) is 0 Å². The zero-order chi connectivity index (χ0) is 12.1. The van der Waals surface area contributed by atoms with Gasteiger partial charge in [-0.1, -0.05) is 5.16 Å². The van der Waals surface area contributed by atoms with E-state index in [0.717, 1.165) is 30.1 Å². The number of nitrogens with zero attached hydrogens (tertiary/aromatic N) is 1. The molecule has 4 saturated carbocycles. The van der Waals surface area contributed by atoms with Crippen LogP contribution in [-0.4, -0.2) is 11.7 Å². The van der Waals surface area contributed by atoms with E-state index in [0.29, 0.717) is 12.5 Å². The van der Waals surface area contributed by atoms with E-state index in [1.165, 1.54) is 43.4 Å². The molecule has 0 saturated heterocycles. The molecule has 1 aromatic rings. The Bertz CT molecular complexity index is 411. The smallest absolute Gasteiger partial charge is 0.127 e. The second-order valence-electron chi connectivity index (χ2n) is 6.72. The molecule has 4 aliphatic rings. The van der Waals surface area contributed by atoms with Crippen molar-refractivity contribution in [3.63, 3.8) is 0 Å². The predicted molar refractivity (Wildman–Crippen MR) is 69.0 cm³/mol.